The van der Waals surface area contributed by atoms with Gasteiger partial charge in [-0.1, -0.05) is 89.4 Å². The Kier molecular flexibility index (Phi) is 11.3. The molecule has 1 N–H and O–H groups in total. The van der Waals surface area contributed by atoms with Crippen molar-refractivity contribution in [1.82, 2.24) is 0 Å². The van der Waals surface area contributed by atoms with Gasteiger partial charge in [0.1, 0.15) is 12.4 Å². The van der Waals surface area contributed by atoms with Crippen molar-refractivity contribution in [2.75, 3.05) is 6.61 Å². The highest BCUT2D eigenvalue weighted by Crippen LogP contribution is 2.51. The second kappa shape index (κ2) is 14.5. The van der Waals surface area contributed by atoms with E-state index in [-0.39, 0.29) is 36.4 Å². The zero-order valence-electron chi connectivity index (χ0n) is 26.9. The van der Waals surface area contributed by atoms with E-state index in [1.165, 1.54) is 24.0 Å². The molecule has 5 atom stereocenters. The van der Waals surface area contributed by atoms with Crippen molar-refractivity contribution in [1.29, 1.82) is 0 Å². The van der Waals surface area contributed by atoms with Gasteiger partial charge in [-0.05, 0) is 97.2 Å². The Morgan fingerprint density at radius 1 is 1.02 bits per heavy atom. The third kappa shape index (κ3) is 8.48. The first-order valence-electron chi connectivity index (χ1n) is 16.3. The first-order chi connectivity index (χ1) is 20.0. The highest BCUT2D eigenvalue weighted by atomic mass is 28.4. The van der Waals surface area contributed by atoms with E-state index in [1.54, 1.807) is 0 Å². The number of aliphatic hydroxyl groups excluding tert-OH is 1. The number of benzene rings is 2. The van der Waals surface area contributed by atoms with Crippen LogP contribution in [0.15, 0.2) is 48.5 Å². The van der Waals surface area contributed by atoms with E-state index in [0.717, 1.165) is 56.3 Å². The van der Waals surface area contributed by atoms with Crippen LogP contribution in [-0.4, -0.2) is 38.2 Å². The molecule has 0 aliphatic heterocycles. The number of rotatable bonds is 14. The first kappa shape index (κ1) is 32.8. The summed E-state index contributed by atoms with van der Waals surface area (Å²) in [6.07, 6.45) is 9.27. The first-order valence-corrected chi connectivity index (χ1v) is 19.2. The molecule has 5 nitrogen and oxygen atoms in total. The summed E-state index contributed by atoms with van der Waals surface area (Å²) in [4.78, 5) is 12.5. The molecule has 0 unspecified atom stereocenters. The zero-order valence-corrected chi connectivity index (χ0v) is 27.9. The molecule has 0 spiro atoms. The third-order valence-electron chi connectivity index (χ3n) is 10.1. The molecule has 0 aromatic heterocycles. The van der Waals surface area contributed by atoms with Gasteiger partial charge in [0.15, 0.2) is 14.9 Å². The molecule has 0 bridgehead atoms. The largest absolute Gasteiger partial charge is 0.482 e. The molecule has 0 heterocycles. The predicted octanol–water partition coefficient (Wildman–Crippen LogP) is 8.27. The number of hydrogen-bond donors (Lipinski definition) is 1. The summed E-state index contributed by atoms with van der Waals surface area (Å²) < 4.78 is 18.7. The van der Waals surface area contributed by atoms with Crippen LogP contribution < -0.4 is 4.74 Å². The lowest BCUT2D eigenvalue weighted by molar-refractivity contribution is -0.147. The molecule has 1 saturated carbocycles. The van der Waals surface area contributed by atoms with Crippen molar-refractivity contribution < 1.29 is 23.8 Å². The highest BCUT2D eigenvalue weighted by molar-refractivity contribution is 6.74. The van der Waals surface area contributed by atoms with E-state index >= 15 is 0 Å². The zero-order chi connectivity index (χ0) is 30.3. The van der Waals surface area contributed by atoms with Crippen LogP contribution in [0, 0.1) is 17.8 Å². The minimum atomic E-state index is -1.95. The summed E-state index contributed by atoms with van der Waals surface area (Å²) in [5.74, 6) is 1.96. The van der Waals surface area contributed by atoms with Crippen LogP contribution in [-0.2, 0) is 33.4 Å². The molecule has 2 aromatic rings. The number of carbonyl (C=O) groups excluding carboxylic acids is 1. The molecule has 0 amide bonds. The Labute approximate surface area is 255 Å². The summed E-state index contributed by atoms with van der Waals surface area (Å²) in [5.41, 5.74) is 3.53. The van der Waals surface area contributed by atoms with Gasteiger partial charge in [0.25, 0.3) is 0 Å². The van der Waals surface area contributed by atoms with Crippen molar-refractivity contribution >= 4 is 14.3 Å². The van der Waals surface area contributed by atoms with Gasteiger partial charge in [-0.2, -0.15) is 0 Å². The number of unbranched alkanes of at least 4 members (excludes halogenated alkanes) is 2. The summed E-state index contributed by atoms with van der Waals surface area (Å²) in [6.45, 7) is 14.1. The van der Waals surface area contributed by atoms with Gasteiger partial charge in [-0.15, -0.1) is 0 Å². The Balaban J connectivity index is 1.44. The molecule has 42 heavy (non-hydrogen) atoms. The quantitative estimate of drug-likeness (QED) is 0.135. The average molecular weight is 595 g/mol. The lowest BCUT2D eigenvalue weighted by Gasteiger charge is -2.40. The summed E-state index contributed by atoms with van der Waals surface area (Å²) in [7, 11) is -1.95. The SMILES string of the molecule is CCCCC[C@H](O)CC[C@@H]1[C@H]2Cc3cccc(OCC(=O)OCc4ccccc4)c3C[C@H]2C[C@H]1O[Si](C)(C)C(C)(C)C. The number of carbonyl (C=O) groups is 1. The Morgan fingerprint density at radius 2 is 1.79 bits per heavy atom. The standard InChI is InChI=1S/C36H54O5Si/c1-7-8-10-17-29(37)19-20-30-31-21-27-16-13-18-33(39-25-35(38)40-24-26-14-11-9-12-15-26)32(27)22-28(31)23-34(30)41-42(5,6)36(2,3)4/h9,11-16,18,28-31,34,37H,7-8,10,17,19-25H2,1-6H3/t28-,29-,30+,31-,34+/m0/s1. The van der Waals surface area contributed by atoms with E-state index in [2.05, 4.69) is 52.9 Å². The minimum absolute atomic E-state index is 0.0902. The van der Waals surface area contributed by atoms with Crippen LogP contribution in [0.2, 0.25) is 18.1 Å². The van der Waals surface area contributed by atoms with Gasteiger partial charge >= 0.3 is 5.97 Å². The minimum Gasteiger partial charge on any atom is -0.482 e. The van der Waals surface area contributed by atoms with Gasteiger partial charge in [0.2, 0.25) is 0 Å². The Hall–Kier alpha value is -2.15. The van der Waals surface area contributed by atoms with Crippen LogP contribution in [0.4, 0.5) is 0 Å². The summed E-state index contributed by atoms with van der Waals surface area (Å²) in [5, 5.41) is 11.0. The number of esters is 1. The molecule has 2 aliphatic carbocycles. The number of ether oxygens (including phenoxy) is 2. The van der Waals surface area contributed by atoms with E-state index in [9.17, 15) is 9.90 Å². The molecule has 0 saturated heterocycles. The molecule has 0 radical (unpaired) electrons. The van der Waals surface area contributed by atoms with Crippen LogP contribution >= 0.6 is 0 Å². The molecule has 6 heteroatoms. The Bertz CT molecular complexity index is 1140. The van der Waals surface area contributed by atoms with E-state index in [0.29, 0.717) is 17.8 Å². The van der Waals surface area contributed by atoms with Gasteiger partial charge in [0, 0.05) is 6.10 Å². The number of aliphatic hydroxyl groups is 1. The number of hydrogen-bond acceptors (Lipinski definition) is 5. The molecular formula is C36H54O5Si. The second-order valence-corrected chi connectivity index (χ2v) is 19.0. The van der Waals surface area contributed by atoms with Gasteiger partial charge in [-0.25, -0.2) is 4.79 Å². The second-order valence-electron chi connectivity index (χ2n) is 14.2. The fraction of sp³-hybridized carbons (Fsp3) is 0.639. The van der Waals surface area contributed by atoms with Crippen molar-refractivity contribution in [2.45, 2.75) is 122 Å². The van der Waals surface area contributed by atoms with Gasteiger partial charge < -0.3 is 19.0 Å². The third-order valence-corrected chi connectivity index (χ3v) is 14.6. The van der Waals surface area contributed by atoms with E-state index in [1.807, 2.05) is 36.4 Å². The molecule has 4 rings (SSSR count). The predicted molar refractivity (Wildman–Crippen MR) is 172 cm³/mol. The van der Waals surface area contributed by atoms with Crippen LogP contribution in [0.3, 0.4) is 0 Å². The lowest BCUT2D eigenvalue weighted by atomic mass is 9.73. The van der Waals surface area contributed by atoms with Crippen molar-refractivity contribution in [3.05, 3.63) is 65.2 Å². The van der Waals surface area contributed by atoms with Crippen LogP contribution in [0.1, 0.15) is 89.3 Å². The normalized spacial score (nSPS) is 22.7. The van der Waals surface area contributed by atoms with Crippen LogP contribution in [0.5, 0.6) is 5.75 Å². The molecule has 2 aliphatic rings. The molecular weight excluding hydrogens is 540 g/mol. The maximum absolute atomic E-state index is 12.5. The lowest BCUT2D eigenvalue weighted by Crippen LogP contribution is -2.45. The maximum atomic E-state index is 12.5. The Morgan fingerprint density at radius 3 is 2.50 bits per heavy atom. The monoisotopic (exact) mass is 594 g/mol. The average Bonchev–Trinajstić information content (AvgIpc) is 3.27. The summed E-state index contributed by atoms with van der Waals surface area (Å²) in [6, 6.07) is 16.0. The highest BCUT2D eigenvalue weighted by Gasteiger charge is 2.49. The van der Waals surface area contributed by atoms with Crippen molar-refractivity contribution in [3.8, 4) is 5.75 Å². The van der Waals surface area contributed by atoms with Gasteiger partial charge in [-0.3, -0.25) is 0 Å². The smallest absolute Gasteiger partial charge is 0.344 e. The molecule has 2 aromatic carbocycles. The maximum Gasteiger partial charge on any atom is 0.344 e. The number of fused-ring (bicyclic) bond motifs is 2. The van der Waals surface area contributed by atoms with E-state index in [4.69, 9.17) is 13.9 Å². The molecule has 232 valence electrons. The van der Waals surface area contributed by atoms with Crippen LogP contribution in [0.25, 0.3) is 0 Å². The topological polar surface area (TPSA) is 65.0 Å². The van der Waals surface area contributed by atoms with E-state index < -0.39 is 8.32 Å². The van der Waals surface area contributed by atoms with Crippen molar-refractivity contribution in [3.63, 3.8) is 0 Å². The molecule has 1 fully saturated rings. The summed E-state index contributed by atoms with van der Waals surface area (Å²) >= 11 is 0. The van der Waals surface area contributed by atoms with Gasteiger partial charge in [0.05, 0.1) is 6.10 Å². The van der Waals surface area contributed by atoms with Crippen molar-refractivity contribution in [2.24, 2.45) is 17.8 Å². The fourth-order valence-corrected chi connectivity index (χ4v) is 8.06. The fourth-order valence-electron chi connectivity index (χ4n) is 6.68.